The van der Waals surface area contributed by atoms with Crippen molar-refractivity contribution in [2.45, 2.75) is 51.6 Å². The average Bonchev–Trinajstić information content (AvgIpc) is 2.89. The summed E-state index contributed by atoms with van der Waals surface area (Å²) in [6.07, 6.45) is 5.66. The van der Waals surface area contributed by atoms with Crippen LogP contribution >= 0.6 is 0 Å². The number of aryl methyl sites for hydroxylation is 1. The molecular formula is C14H24N4O. The molecule has 1 saturated heterocycles. The number of nitrogens with zero attached hydrogens (tertiary/aromatic N) is 4. The first-order valence-corrected chi connectivity index (χ1v) is 7.60. The van der Waals surface area contributed by atoms with Crippen LogP contribution in [0.15, 0.2) is 0 Å². The van der Waals surface area contributed by atoms with Crippen LogP contribution in [0.3, 0.4) is 0 Å². The maximum absolute atomic E-state index is 9.29. The van der Waals surface area contributed by atoms with Crippen molar-refractivity contribution in [3.8, 4) is 0 Å². The van der Waals surface area contributed by atoms with Gasteiger partial charge in [0.2, 0.25) is 0 Å². The highest BCUT2D eigenvalue weighted by Gasteiger charge is 2.29. The lowest BCUT2D eigenvalue weighted by atomic mass is 9.99. The maximum Gasteiger partial charge on any atom is 0.168 e. The zero-order valence-electron chi connectivity index (χ0n) is 11.8. The highest BCUT2D eigenvalue weighted by molar-refractivity contribution is 5.03. The van der Waals surface area contributed by atoms with Gasteiger partial charge in [-0.1, -0.05) is 13.3 Å². The van der Waals surface area contributed by atoms with Crippen LogP contribution in [0.2, 0.25) is 0 Å². The number of likely N-dealkylation sites (tertiary alicyclic amines) is 1. The van der Waals surface area contributed by atoms with Gasteiger partial charge in [0.05, 0.1) is 6.04 Å². The van der Waals surface area contributed by atoms with E-state index in [2.05, 4.69) is 16.5 Å². The summed E-state index contributed by atoms with van der Waals surface area (Å²) in [5, 5.41) is 14.0. The number of piperidine rings is 1. The first-order valence-electron chi connectivity index (χ1n) is 7.60. The average molecular weight is 264 g/mol. The van der Waals surface area contributed by atoms with Crippen LogP contribution in [0, 0.1) is 5.92 Å². The Kier molecular flexibility index (Phi) is 3.84. The van der Waals surface area contributed by atoms with Gasteiger partial charge in [-0.3, -0.25) is 4.90 Å². The third kappa shape index (κ3) is 2.54. The van der Waals surface area contributed by atoms with E-state index in [1.54, 1.807) is 0 Å². The second-order valence-corrected chi connectivity index (χ2v) is 5.79. The summed E-state index contributed by atoms with van der Waals surface area (Å²) in [6, 6.07) is 0.407. The first kappa shape index (κ1) is 13.1. The predicted octanol–water partition coefficient (Wildman–Crippen LogP) is 1.38. The summed E-state index contributed by atoms with van der Waals surface area (Å²) in [5.41, 5.74) is 0. The molecule has 2 aliphatic heterocycles. The van der Waals surface area contributed by atoms with E-state index in [-0.39, 0.29) is 6.61 Å². The smallest absolute Gasteiger partial charge is 0.168 e. The Morgan fingerprint density at radius 3 is 2.95 bits per heavy atom. The fourth-order valence-electron chi connectivity index (χ4n) is 3.35. The Labute approximate surface area is 114 Å². The van der Waals surface area contributed by atoms with Crippen molar-refractivity contribution in [1.82, 2.24) is 19.7 Å². The molecule has 1 fully saturated rings. The van der Waals surface area contributed by atoms with Crippen molar-refractivity contribution in [2.75, 3.05) is 19.7 Å². The summed E-state index contributed by atoms with van der Waals surface area (Å²) in [7, 11) is 0. The highest BCUT2D eigenvalue weighted by atomic mass is 16.3. The minimum Gasteiger partial charge on any atom is -0.396 e. The number of aliphatic hydroxyl groups is 1. The molecule has 3 rings (SSSR count). The molecule has 19 heavy (non-hydrogen) atoms. The molecule has 0 aliphatic carbocycles. The molecule has 0 spiro atoms. The second-order valence-electron chi connectivity index (χ2n) is 5.79. The van der Waals surface area contributed by atoms with E-state index in [1.165, 1.54) is 25.8 Å². The van der Waals surface area contributed by atoms with Gasteiger partial charge in [-0.2, -0.15) is 5.10 Å². The molecule has 0 radical (unpaired) electrons. The van der Waals surface area contributed by atoms with Crippen molar-refractivity contribution in [3.63, 3.8) is 0 Å². The number of hydrogen-bond acceptors (Lipinski definition) is 4. The van der Waals surface area contributed by atoms with E-state index in [0.29, 0.717) is 12.0 Å². The predicted molar refractivity (Wildman–Crippen MR) is 72.8 cm³/mol. The molecule has 106 valence electrons. The molecule has 0 aromatic carbocycles. The lowest BCUT2D eigenvalue weighted by Crippen LogP contribution is -2.33. The molecule has 5 nitrogen and oxygen atoms in total. The number of aliphatic hydroxyl groups excluding tert-OH is 1. The largest absolute Gasteiger partial charge is 0.396 e. The van der Waals surface area contributed by atoms with Crippen LogP contribution in [-0.4, -0.2) is 44.5 Å². The van der Waals surface area contributed by atoms with Gasteiger partial charge < -0.3 is 5.11 Å². The number of rotatable bonds is 3. The van der Waals surface area contributed by atoms with Crippen LogP contribution < -0.4 is 0 Å². The monoisotopic (exact) mass is 264 g/mol. The molecule has 2 unspecified atom stereocenters. The molecule has 1 N–H and O–H groups in total. The topological polar surface area (TPSA) is 54.2 Å². The zero-order valence-corrected chi connectivity index (χ0v) is 11.8. The summed E-state index contributed by atoms with van der Waals surface area (Å²) >= 11 is 0. The van der Waals surface area contributed by atoms with E-state index >= 15 is 0 Å². The van der Waals surface area contributed by atoms with Gasteiger partial charge in [-0.25, -0.2) is 9.67 Å². The number of fused-ring (bicyclic) bond motifs is 1. The third-order valence-corrected chi connectivity index (χ3v) is 4.56. The Bertz CT molecular complexity index is 431. The van der Waals surface area contributed by atoms with Crippen LogP contribution in [0.25, 0.3) is 0 Å². The third-order valence-electron chi connectivity index (χ3n) is 4.56. The van der Waals surface area contributed by atoms with E-state index in [1.807, 2.05) is 0 Å². The molecule has 2 atom stereocenters. The van der Waals surface area contributed by atoms with Gasteiger partial charge in [-0.05, 0) is 38.3 Å². The molecule has 0 saturated carbocycles. The molecular weight excluding hydrogens is 240 g/mol. The Morgan fingerprint density at radius 2 is 2.16 bits per heavy atom. The quantitative estimate of drug-likeness (QED) is 0.896. The molecule has 1 aromatic rings. The van der Waals surface area contributed by atoms with Crippen molar-refractivity contribution >= 4 is 0 Å². The fraction of sp³-hybridized carbons (Fsp3) is 0.857. The zero-order chi connectivity index (χ0) is 13.2. The maximum atomic E-state index is 9.29. The first-order chi connectivity index (χ1) is 9.31. The van der Waals surface area contributed by atoms with Crippen molar-refractivity contribution in [3.05, 3.63) is 11.6 Å². The molecule has 1 aromatic heterocycles. The van der Waals surface area contributed by atoms with E-state index < -0.39 is 0 Å². The second kappa shape index (κ2) is 5.59. The number of hydrogen-bond donors (Lipinski definition) is 1. The Hall–Kier alpha value is -0.940. The lowest BCUT2D eigenvalue weighted by molar-refractivity contribution is 0.150. The Morgan fingerprint density at radius 1 is 1.26 bits per heavy atom. The molecule has 0 bridgehead atoms. The summed E-state index contributed by atoms with van der Waals surface area (Å²) in [4.78, 5) is 7.26. The summed E-state index contributed by atoms with van der Waals surface area (Å²) < 4.78 is 2.06. The fourth-order valence-corrected chi connectivity index (χ4v) is 3.35. The van der Waals surface area contributed by atoms with Gasteiger partial charge in [0.15, 0.2) is 5.82 Å². The Balaban J connectivity index is 1.80. The van der Waals surface area contributed by atoms with E-state index in [0.717, 1.165) is 37.6 Å². The number of aromatic nitrogens is 3. The standard InChI is InChI=1S/C14H24N4O/c1-2-17-7-4-3-5-12(17)14-15-13-9-11(10-19)6-8-18(13)16-14/h11-12,19H,2-10H2,1H3. The van der Waals surface area contributed by atoms with Gasteiger partial charge in [0.1, 0.15) is 5.82 Å². The lowest BCUT2D eigenvalue weighted by Gasteiger charge is -2.32. The normalized spacial score (nSPS) is 28.3. The highest BCUT2D eigenvalue weighted by Crippen LogP contribution is 2.30. The molecule has 2 aliphatic rings. The van der Waals surface area contributed by atoms with Gasteiger partial charge in [0.25, 0.3) is 0 Å². The molecule has 5 heteroatoms. The summed E-state index contributed by atoms with van der Waals surface area (Å²) in [6.45, 7) is 5.65. The minimum atomic E-state index is 0.271. The van der Waals surface area contributed by atoms with Gasteiger partial charge in [-0.15, -0.1) is 0 Å². The summed E-state index contributed by atoms with van der Waals surface area (Å²) in [5.74, 6) is 2.45. The van der Waals surface area contributed by atoms with E-state index in [9.17, 15) is 5.11 Å². The SMILES string of the molecule is CCN1CCCCC1c1nc2n(n1)CCC(CO)C2. The van der Waals surface area contributed by atoms with Crippen LogP contribution in [0.1, 0.15) is 50.3 Å². The van der Waals surface area contributed by atoms with Crippen LogP contribution in [-0.2, 0) is 13.0 Å². The van der Waals surface area contributed by atoms with Gasteiger partial charge >= 0.3 is 0 Å². The van der Waals surface area contributed by atoms with Crippen molar-refractivity contribution in [1.29, 1.82) is 0 Å². The van der Waals surface area contributed by atoms with Crippen LogP contribution in [0.5, 0.6) is 0 Å². The molecule has 3 heterocycles. The van der Waals surface area contributed by atoms with Crippen molar-refractivity contribution < 1.29 is 5.11 Å². The van der Waals surface area contributed by atoms with Crippen LogP contribution in [0.4, 0.5) is 0 Å². The van der Waals surface area contributed by atoms with E-state index in [4.69, 9.17) is 10.1 Å². The minimum absolute atomic E-state index is 0.271. The molecule has 0 amide bonds. The van der Waals surface area contributed by atoms with Gasteiger partial charge in [0, 0.05) is 19.6 Å². The van der Waals surface area contributed by atoms with Crippen molar-refractivity contribution in [2.24, 2.45) is 5.92 Å².